The topological polar surface area (TPSA) is 74.2 Å². The third-order valence-corrected chi connectivity index (χ3v) is 6.17. The number of ether oxygens (including phenoxy) is 1. The van der Waals surface area contributed by atoms with Crippen molar-refractivity contribution in [2.45, 2.75) is 52.6 Å². The number of urea groups is 1. The highest BCUT2D eigenvalue weighted by Crippen LogP contribution is 2.34. The normalized spacial score (nSPS) is 15.7. The molecular formula is C27H35ClN4O3. The standard InChI is InChI=1S/C27H35ClN4O3/c1-18-7-8-21(15-19(18)2)23-16-24(20-9-11-22(28)12-10-20)32(30-23)25(33)17-31(13-14-35-6)26(34)29-27(3,4)5/h7-12,15,24H,13-14,16-17H2,1-6H3,(H,29,34)/t24-/m1/s1. The summed E-state index contributed by atoms with van der Waals surface area (Å²) in [5.74, 6) is -0.260. The van der Waals surface area contributed by atoms with Gasteiger partial charge in [0.05, 0.1) is 18.4 Å². The molecule has 1 aliphatic rings. The van der Waals surface area contributed by atoms with Gasteiger partial charge < -0.3 is 15.0 Å². The highest BCUT2D eigenvalue weighted by Gasteiger charge is 2.34. The predicted molar refractivity (Wildman–Crippen MR) is 140 cm³/mol. The maximum atomic E-state index is 13.6. The number of benzene rings is 2. The Kier molecular flexibility index (Phi) is 8.56. The molecule has 1 N–H and O–H groups in total. The molecule has 0 aliphatic carbocycles. The third kappa shape index (κ3) is 7.05. The van der Waals surface area contributed by atoms with E-state index in [2.05, 4.69) is 31.3 Å². The Morgan fingerprint density at radius 1 is 1.14 bits per heavy atom. The number of hydrogen-bond acceptors (Lipinski definition) is 4. The zero-order valence-corrected chi connectivity index (χ0v) is 22.1. The lowest BCUT2D eigenvalue weighted by Crippen LogP contribution is -2.52. The van der Waals surface area contributed by atoms with E-state index >= 15 is 0 Å². The van der Waals surface area contributed by atoms with Crippen molar-refractivity contribution in [1.29, 1.82) is 0 Å². The molecule has 3 rings (SSSR count). The highest BCUT2D eigenvalue weighted by atomic mass is 35.5. The number of amides is 3. The molecular weight excluding hydrogens is 464 g/mol. The molecule has 0 spiro atoms. The number of nitrogens with zero attached hydrogens (tertiary/aromatic N) is 3. The lowest BCUT2D eigenvalue weighted by molar-refractivity contribution is -0.133. The minimum Gasteiger partial charge on any atom is -0.383 e. The molecule has 3 amide bonds. The molecule has 0 bridgehead atoms. The number of rotatable bonds is 7. The number of nitrogens with one attached hydrogen (secondary N) is 1. The molecule has 7 nitrogen and oxygen atoms in total. The molecule has 0 unspecified atom stereocenters. The van der Waals surface area contributed by atoms with Gasteiger partial charge in [-0.05, 0) is 75.1 Å². The van der Waals surface area contributed by atoms with Gasteiger partial charge in [0.1, 0.15) is 6.54 Å². The second-order valence-electron chi connectivity index (χ2n) is 9.95. The molecule has 0 saturated heterocycles. The summed E-state index contributed by atoms with van der Waals surface area (Å²) in [6.45, 7) is 10.3. The summed E-state index contributed by atoms with van der Waals surface area (Å²) in [5, 5.41) is 9.82. The Bertz CT molecular complexity index is 1090. The van der Waals surface area contributed by atoms with Crippen LogP contribution in [0.2, 0.25) is 5.02 Å². The number of carbonyl (C=O) groups is 2. The van der Waals surface area contributed by atoms with Crippen molar-refractivity contribution in [2.24, 2.45) is 5.10 Å². The van der Waals surface area contributed by atoms with Crippen molar-refractivity contribution < 1.29 is 14.3 Å². The van der Waals surface area contributed by atoms with Crippen LogP contribution in [0.5, 0.6) is 0 Å². The van der Waals surface area contributed by atoms with Crippen molar-refractivity contribution >= 4 is 29.3 Å². The van der Waals surface area contributed by atoms with E-state index in [-0.39, 0.29) is 31.1 Å². The second-order valence-corrected chi connectivity index (χ2v) is 10.4. The number of carbonyl (C=O) groups excluding carboxylic acids is 2. The number of methoxy groups -OCH3 is 1. The molecule has 0 aromatic heterocycles. The Balaban J connectivity index is 1.91. The number of hydrogen-bond donors (Lipinski definition) is 1. The van der Waals surface area contributed by atoms with Crippen molar-refractivity contribution in [3.8, 4) is 0 Å². The maximum absolute atomic E-state index is 13.6. The zero-order valence-electron chi connectivity index (χ0n) is 21.4. The van der Waals surface area contributed by atoms with E-state index in [1.165, 1.54) is 21.0 Å². The van der Waals surface area contributed by atoms with Crippen LogP contribution in [0.1, 0.15) is 55.5 Å². The summed E-state index contributed by atoms with van der Waals surface area (Å²) < 4.78 is 5.17. The van der Waals surface area contributed by atoms with E-state index in [1.54, 1.807) is 7.11 Å². The first kappa shape index (κ1) is 26.7. The van der Waals surface area contributed by atoms with Crippen LogP contribution < -0.4 is 5.32 Å². The first-order valence-corrected chi connectivity index (χ1v) is 12.1. The molecule has 2 aromatic rings. The fourth-order valence-corrected chi connectivity index (χ4v) is 4.00. The summed E-state index contributed by atoms with van der Waals surface area (Å²) in [5.41, 5.74) is 4.70. The summed E-state index contributed by atoms with van der Waals surface area (Å²) in [6, 6.07) is 13.1. The summed E-state index contributed by atoms with van der Waals surface area (Å²) in [7, 11) is 1.57. The molecule has 1 heterocycles. The molecule has 35 heavy (non-hydrogen) atoms. The molecule has 0 fully saturated rings. The van der Waals surface area contributed by atoms with E-state index in [9.17, 15) is 9.59 Å². The van der Waals surface area contributed by atoms with Crippen molar-refractivity contribution in [3.63, 3.8) is 0 Å². The van der Waals surface area contributed by atoms with Gasteiger partial charge in [0.25, 0.3) is 5.91 Å². The molecule has 1 aliphatic heterocycles. The van der Waals surface area contributed by atoms with Gasteiger partial charge in [0, 0.05) is 30.6 Å². The SMILES string of the molecule is COCCN(CC(=O)N1N=C(c2ccc(C)c(C)c2)C[C@@H]1c1ccc(Cl)cc1)C(=O)NC(C)(C)C. The number of aryl methyl sites for hydroxylation is 2. The fraction of sp³-hybridized carbons (Fsp3) is 0.444. The average molecular weight is 499 g/mol. The van der Waals surface area contributed by atoms with E-state index in [0.717, 1.165) is 16.8 Å². The Morgan fingerprint density at radius 2 is 1.83 bits per heavy atom. The molecule has 2 aromatic carbocycles. The van der Waals surface area contributed by atoms with Crippen LogP contribution in [0, 0.1) is 13.8 Å². The van der Waals surface area contributed by atoms with Crippen molar-refractivity contribution in [1.82, 2.24) is 15.2 Å². The van der Waals surface area contributed by atoms with Crippen LogP contribution >= 0.6 is 11.6 Å². The minimum atomic E-state index is -0.431. The van der Waals surface area contributed by atoms with Crippen LogP contribution in [-0.2, 0) is 9.53 Å². The first-order chi connectivity index (χ1) is 16.5. The first-order valence-electron chi connectivity index (χ1n) is 11.8. The Labute approximate surface area is 213 Å². The zero-order chi connectivity index (χ0) is 25.8. The van der Waals surface area contributed by atoms with Crippen LogP contribution in [0.25, 0.3) is 0 Å². The van der Waals surface area contributed by atoms with Crippen molar-refractivity contribution in [3.05, 3.63) is 69.7 Å². The Hall–Kier alpha value is -2.90. The lowest BCUT2D eigenvalue weighted by Gasteiger charge is -2.30. The van der Waals surface area contributed by atoms with Crippen LogP contribution in [-0.4, -0.2) is 59.9 Å². The van der Waals surface area contributed by atoms with E-state index in [1.807, 2.05) is 51.1 Å². The smallest absolute Gasteiger partial charge is 0.318 e. The van der Waals surface area contributed by atoms with Crippen LogP contribution in [0.15, 0.2) is 47.6 Å². The molecule has 188 valence electrons. The van der Waals surface area contributed by atoms with Crippen molar-refractivity contribution in [2.75, 3.05) is 26.8 Å². The van der Waals surface area contributed by atoms with Gasteiger partial charge >= 0.3 is 6.03 Å². The molecule has 1 atom stereocenters. The van der Waals surface area contributed by atoms with E-state index in [4.69, 9.17) is 21.4 Å². The molecule has 0 saturated carbocycles. The third-order valence-electron chi connectivity index (χ3n) is 5.92. The molecule has 8 heteroatoms. The van der Waals surface area contributed by atoms with Gasteiger partial charge in [-0.2, -0.15) is 5.10 Å². The number of halogens is 1. The van der Waals surface area contributed by atoms with Gasteiger partial charge in [-0.1, -0.05) is 35.9 Å². The van der Waals surface area contributed by atoms with Crippen LogP contribution in [0.4, 0.5) is 4.79 Å². The van der Waals surface area contributed by atoms with E-state index in [0.29, 0.717) is 18.1 Å². The highest BCUT2D eigenvalue weighted by molar-refractivity contribution is 6.30. The van der Waals surface area contributed by atoms with Gasteiger partial charge in [0.15, 0.2) is 0 Å². The minimum absolute atomic E-state index is 0.112. The largest absolute Gasteiger partial charge is 0.383 e. The maximum Gasteiger partial charge on any atom is 0.318 e. The summed E-state index contributed by atoms with van der Waals surface area (Å²) in [6.07, 6.45) is 0.572. The van der Waals surface area contributed by atoms with Gasteiger partial charge in [-0.25, -0.2) is 9.80 Å². The summed E-state index contributed by atoms with van der Waals surface area (Å²) in [4.78, 5) is 27.9. The van der Waals surface area contributed by atoms with Gasteiger partial charge in [0.2, 0.25) is 0 Å². The fourth-order valence-electron chi connectivity index (χ4n) is 3.87. The second kappa shape index (κ2) is 11.2. The quantitative estimate of drug-likeness (QED) is 0.577. The number of hydrazone groups is 1. The summed E-state index contributed by atoms with van der Waals surface area (Å²) >= 11 is 6.11. The molecule has 0 radical (unpaired) electrons. The Morgan fingerprint density at radius 3 is 2.43 bits per heavy atom. The predicted octanol–water partition coefficient (Wildman–Crippen LogP) is 5.09. The average Bonchev–Trinajstić information content (AvgIpc) is 3.23. The van der Waals surface area contributed by atoms with Gasteiger partial charge in [-0.15, -0.1) is 0 Å². The monoisotopic (exact) mass is 498 g/mol. The van der Waals surface area contributed by atoms with E-state index < -0.39 is 5.54 Å². The lowest BCUT2D eigenvalue weighted by atomic mass is 9.96. The van der Waals surface area contributed by atoms with Crippen LogP contribution in [0.3, 0.4) is 0 Å². The van der Waals surface area contributed by atoms with Gasteiger partial charge in [-0.3, -0.25) is 4.79 Å².